The lowest BCUT2D eigenvalue weighted by Gasteiger charge is -2.19. The van der Waals surface area contributed by atoms with Crippen molar-refractivity contribution in [1.82, 2.24) is 4.98 Å². The first kappa shape index (κ1) is 14.7. The fourth-order valence-electron chi connectivity index (χ4n) is 1.98. The number of thiazole rings is 1. The molecule has 4 heteroatoms. The molecule has 2 rings (SSSR count). The highest BCUT2D eigenvalue weighted by Crippen LogP contribution is 2.24. The number of nitrogens with one attached hydrogen (secondary N) is 1. The number of hydrogen-bond donors (Lipinski definition) is 1. The number of nitrogens with zero attached hydrogens (tertiary/aromatic N) is 1. The molecule has 20 heavy (non-hydrogen) atoms. The van der Waals surface area contributed by atoms with E-state index in [2.05, 4.69) is 43.2 Å². The summed E-state index contributed by atoms with van der Waals surface area (Å²) in [5, 5.41) is 3.81. The smallest absolute Gasteiger partial charge is 0.275 e. The van der Waals surface area contributed by atoms with Gasteiger partial charge in [-0.25, -0.2) is 4.98 Å². The monoisotopic (exact) mass is 288 g/mol. The summed E-state index contributed by atoms with van der Waals surface area (Å²) in [6.07, 6.45) is 0. The Morgan fingerprint density at radius 2 is 1.75 bits per heavy atom. The van der Waals surface area contributed by atoms with Gasteiger partial charge in [0.25, 0.3) is 5.91 Å². The molecule has 0 spiro atoms. The second kappa shape index (κ2) is 5.37. The molecule has 106 valence electrons. The van der Waals surface area contributed by atoms with Crippen molar-refractivity contribution in [3.8, 4) is 0 Å². The third kappa shape index (κ3) is 3.25. The summed E-state index contributed by atoms with van der Waals surface area (Å²) >= 11 is 1.54. The largest absolute Gasteiger partial charge is 0.321 e. The highest BCUT2D eigenvalue weighted by atomic mass is 32.1. The van der Waals surface area contributed by atoms with Crippen LogP contribution in [0.3, 0.4) is 0 Å². The fourth-order valence-corrected chi connectivity index (χ4v) is 2.80. The molecule has 3 nitrogen and oxygen atoms in total. The van der Waals surface area contributed by atoms with E-state index in [0.29, 0.717) is 5.69 Å². The maximum absolute atomic E-state index is 12.2. The minimum Gasteiger partial charge on any atom is -0.321 e. The van der Waals surface area contributed by atoms with Crippen LogP contribution in [0.2, 0.25) is 0 Å². The molecule has 0 aliphatic heterocycles. The van der Waals surface area contributed by atoms with Gasteiger partial charge in [0.1, 0.15) is 5.69 Å². The lowest BCUT2D eigenvalue weighted by Crippen LogP contribution is -2.14. The van der Waals surface area contributed by atoms with E-state index in [0.717, 1.165) is 15.6 Å². The Morgan fingerprint density at radius 3 is 2.20 bits per heavy atom. The topological polar surface area (TPSA) is 42.0 Å². The maximum Gasteiger partial charge on any atom is 0.275 e. The third-order valence-electron chi connectivity index (χ3n) is 3.13. The quantitative estimate of drug-likeness (QED) is 0.894. The van der Waals surface area contributed by atoms with Gasteiger partial charge in [0, 0.05) is 10.6 Å². The SMILES string of the molecule is Cc1nc(C(=O)Nc2ccc(C(C)(C)C)cc2)c(C)s1. The van der Waals surface area contributed by atoms with Crippen molar-refractivity contribution in [3.05, 3.63) is 45.4 Å². The summed E-state index contributed by atoms with van der Waals surface area (Å²) < 4.78 is 0. The van der Waals surface area contributed by atoms with E-state index in [9.17, 15) is 4.79 Å². The van der Waals surface area contributed by atoms with Gasteiger partial charge in [0.15, 0.2) is 0 Å². The minimum absolute atomic E-state index is 0.116. The average Bonchev–Trinajstić information content (AvgIpc) is 2.68. The van der Waals surface area contributed by atoms with Crippen molar-refractivity contribution >= 4 is 22.9 Å². The highest BCUT2D eigenvalue weighted by molar-refractivity contribution is 7.11. The zero-order chi connectivity index (χ0) is 14.9. The molecule has 1 N–H and O–H groups in total. The van der Waals surface area contributed by atoms with E-state index in [-0.39, 0.29) is 11.3 Å². The molecular formula is C16H20N2OS. The van der Waals surface area contributed by atoms with Gasteiger partial charge in [-0.2, -0.15) is 0 Å². The van der Waals surface area contributed by atoms with Gasteiger partial charge in [0.05, 0.1) is 5.01 Å². The van der Waals surface area contributed by atoms with Crippen molar-refractivity contribution < 1.29 is 4.79 Å². The van der Waals surface area contributed by atoms with Gasteiger partial charge < -0.3 is 5.32 Å². The Balaban J connectivity index is 2.14. The van der Waals surface area contributed by atoms with Crippen molar-refractivity contribution in [3.63, 3.8) is 0 Å². The summed E-state index contributed by atoms with van der Waals surface area (Å²) in [6, 6.07) is 7.98. The summed E-state index contributed by atoms with van der Waals surface area (Å²) in [5.41, 5.74) is 2.68. The molecule has 0 aliphatic rings. The van der Waals surface area contributed by atoms with E-state index < -0.39 is 0 Å². The first-order chi connectivity index (χ1) is 9.27. The van der Waals surface area contributed by atoms with Crippen LogP contribution in [0.1, 0.15) is 46.7 Å². The Labute approximate surface area is 124 Å². The molecule has 0 atom stereocenters. The minimum atomic E-state index is -0.143. The fraction of sp³-hybridized carbons (Fsp3) is 0.375. The summed E-state index contributed by atoms with van der Waals surface area (Å²) in [7, 11) is 0. The van der Waals surface area contributed by atoms with Gasteiger partial charge >= 0.3 is 0 Å². The number of carbonyl (C=O) groups is 1. The Kier molecular flexibility index (Phi) is 3.95. The van der Waals surface area contributed by atoms with Crippen LogP contribution in [0.5, 0.6) is 0 Å². The van der Waals surface area contributed by atoms with Gasteiger partial charge in [-0.1, -0.05) is 32.9 Å². The Bertz CT molecular complexity index is 621. The van der Waals surface area contributed by atoms with Crippen LogP contribution in [0.4, 0.5) is 5.69 Å². The molecule has 0 saturated heterocycles. The van der Waals surface area contributed by atoms with Gasteiger partial charge in [-0.15, -0.1) is 11.3 Å². The van der Waals surface area contributed by atoms with E-state index in [4.69, 9.17) is 0 Å². The number of amides is 1. The maximum atomic E-state index is 12.2. The van der Waals surface area contributed by atoms with Crippen LogP contribution in [-0.4, -0.2) is 10.9 Å². The molecule has 0 bridgehead atoms. The number of aromatic nitrogens is 1. The average molecular weight is 288 g/mol. The number of anilines is 1. The molecular weight excluding hydrogens is 268 g/mol. The molecule has 0 aliphatic carbocycles. The van der Waals surface area contributed by atoms with Crippen molar-refractivity contribution in [2.24, 2.45) is 0 Å². The number of carbonyl (C=O) groups excluding carboxylic acids is 1. The van der Waals surface area contributed by atoms with Gasteiger partial charge in [-0.05, 0) is 37.0 Å². The van der Waals surface area contributed by atoms with Crippen molar-refractivity contribution in [2.45, 2.75) is 40.0 Å². The van der Waals surface area contributed by atoms with Crippen molar-refractivity contribution in [2.75, 3.05) is 5.32 Å². The zero-order valence-electron chi connectivity index (χ0n) is 12.6. The standard InChI is InChI=1S/C16H20N2OS/c1-10-14(17-11(2)20-10)15(19)18-13-8-6-12(7-9-13)16(3,4)5/h6-9H,1-5H3,(H,18,19). The molecule has 0 unspecified atom stereocenters. The third-order valence-corrected chi connectivity index (χ3v) is 4.01. The zero-order valence-corrected chi connectivity index (χ0v) is 13.4. The molecule has 1 aromatic heterocycles. The second-order valence-electron chi connectivity index (χ2n) is 5.92. The number of hydrogen-bond acceptors (Lipinski definition) is 3. The molecule has 0 saturated carbocycles. The highest BCUT2D eigenvalue weighted by Gasteiger charge is 2.15. The van der Waals surface area contributed by atoms with Gasteiger partial charge in [0.2, 0.25) is 0 Å². The normalized spacial score (nSPS) is 11.4. The predicted octanol–water partition coefficient (Wildman–Crippen LogP) is 4.31. The van der Waals surface area contributed by atoms with Gasteiger partial charge in [-0.3, -0.25) is 4.79 Å². The lowest BCUT2D eigenvalue weighted by atomic mass is 9.87. The number of benzene rings is 1. The predicted molar refractivity (Wildman–Crippen MR) is 84.7 cm³/mol. The Hall–Kier alpha value is -1.68. The van der Waals surface area contributed by atoms with E-state index in [1.54, 1.807) is 11.3 Å². The first-order valence-corrected chi connectivity index (χ1v) is 7.45. The van der Waals surface area contributed by atoms with Crippen LogP contribution >= 0.6 is 11.3 Å². The Morgan fingerprint density at radius 1 is 1.15 bits per heavy atom. The van der Waals surface area contributed by atoms with E-state index in [1.807, 2.05) is 26.0 Å². The summed E-state index contributed by atoms with van der Waals surface area (Å²) in [5.74, 6) is -0.143. The molecule has 1 amide bonds. The first-order valence-electron chi connectivity index (χ1n) is 6.63. The van der Waals surface area contributed by atoms with Crippen LogP contribution in [0.15, 0.2) is 24.3 Å². The summed E-state index contributed by atoms with van der Waals surface area (Å²) in [6.45, 7) is 10.3. The van der Waals surface area contributed by atoms with Crippen LogP contribution < -0.4 is 5.32 Å². The second-order valence-corrected chi connectivity index (χ2v) is 7.33. The van der Waals surface area contributed by atoms with Crippen LogP contribution in [0, 0.1) is 13.8 Å². The molecule has 0 radical (unpaired) electrons. The van der Waals surface area contributed by atoms with E-state index in [1.165, 1.54) is 5.56 Å². The van der Waals surface area contributed by atoms with Crippen molar-refractivity contribution in [1.29, 1.82) is 0 Å². The van der Waals surface area contributed by atoms with E-state index >= 15 is 0 Å². The molecule has 2 aromatic rings. The van der Waals surface area contributed by atoms with Crippen LogP contribution in [0.25, 0.3) is 0 Å². The number of aryl methyl sites for hydroxylation is 2. The summed E-state index contributed by atoms with van der Waals surface area (Å²) in [4.78, 5) is 17.4. The molecule has 0 fully saturated rings. The lowest BCUT2D eigenvalue weighted by molar-refractivity contribution is 0.102. The molecule has 1 heterocycles. The van der Waals surface area contributed by atoms with Crippen LogP contribution in [-0.2, 0) is 5.41 Å². The number of rotatable bonds is 2. The molecule has 1 aromatic carbocycles.